The van der Waals surface area contributed by atoms with Crippen molar-refractivity contribution in [1.29, 1.82) is 0 Å². The second kappa shape index (κ2) is 13.6. The standard InChI is InChI=1S/C35H42N4O5/c1-35-19-7-6-12-25(35)22-39(31(41)17-16-30(40)24-9-4-3-5-10-24)29(21-35)34(43)38-28(18-20-36)33(42)37-27-15-14-23-11-8-13-26(23)32(27)44-2/h3-7,9-10,12,14-15,28-29H,8,11,13,16-22,36H2,1-2H3,(H,37,42)(H,38,43)/t28-,29-,35?/m0/s1. The first-order valence-electron chi connectivity index (χ1n) is 15.5. The van der Waals surface area contributed by atoms with Crippen LogP contribution >= 0.6 is 0 Å². The number of hydrogen-bond donors (Lipinski definition) is 3. The summed E-state index contributed by atoms with van der Waals surface area (Å²) < 4.78 is 5.67. The number of likely N-dealkylation sites (tertiary alicyclic amines) is 1. The number of nitrogens with one attached hydrogen (secondary N) is 2. The van der Waals surface area contributed by atoms with Gasteiger partial charge in [0.25, 0.3) is 0 Å². The molecule has 1 aliphatic heterocycles. The Hall–Kier alpha value is -4.24. The number of ether oxygens (including phenoxy) is 1. The summed E-state index contributed by atoms with van der Waals surface area (Å²) in [7, 11) is 1.59. The number of benzene rings is 2. The number of carbonyl (C=O) groups excluding carboxylic acids is 4. The maximum atomic E-state index is 14.0. The van der Waals surface area contributed by atoms with Crippen LogP contribution < -0.4 is 21.1 Å². The van der Waals surface area contributed by atoms with Crippen molar-refractivity contribution in [2.45, 2.75) is 70.4 Å². The number of fused-ring (bicyclic) bond motifs is 2. The molecule has 3 amide bonds. The van der Waals surface area contributed by atoms with Crippen LogP contribution in [0.25, 0.3) is 0 Å². The third-order valence-corrected chi connectivity index (χ3v) is 9.20. The number of Topliss-reactive ketones (excluding diaryl/α,β-unsaturated/α-hetero) is 1. The van der Waals surface area contributed by atoms with Gasteiger partial charge in [-0.2, -0.15) is 0 Å². The molecule has 3 atom stereocenters. The lowest BCUT2D eigenvalue weighted by molar-refractivity contribution is -0.143. The highest BCUT2D eigenvalue weighted by Gasteiger charge is 2.45. The van der Waals surface area contributed by atoms with Crippen molar-refractivity contribution in [2.24, 2.45) is 11.1 Å². The zero-order chi connectivity index (χ0) is 31.3. The number of nitrogens with two attached hydrogens (primary N) is 1. The molecular formula is C35H42N4O5. The van der Waals surface area contributed by atoms with Crippen molar-refractivity contribution in [3.8, 4) is 5.75 Å². The number of ketones is 1. The van der Waals surface area contributed by atoms with Crippen LogP contribution in [0.2, 0.25) is 0 Å². The number of anilines is 1. The molecule has 0 radical (unpaired) electrons. The number of methoxy groups -OCH3 is 1. The van der Waals surface area contributed by atoms with Crippen molar-refractivity contribution in [3.05, 3.63) is 83.0 Å². The van der Waals surface area contributed by atoms with Crippen molar-refractivity contribution in [3.63, 3.8) is 0 Å². The molecule has 0 saturated carbocycles. The number of piperidine rings is 1. The molecule has 5 rings (SSSR count). The highest BCUT2D eigenvalue weighted by Crippen LogP contribution is 2.44. The molecule has 9 nitrogen and oxygen atoms in total. The van der Waals surface area contributed by atoms with Crippen LogP contribution in [0.15, 0.2) is 66.3 Å². The van der Waals surface area contributed by atoms with Gasteiger partial charge in [0.05, 0.1) is 12.8 Å². The molecule has 0 spiro atoms. The number of rotatable bonds is 11. The lowest BCUT2D eigenvalue weighted by Gasteiger charge is -2.47. The van der Waals surface area contributed by atoms with Gasteiger partial charge in [-0.1, -0.05) is 61.5 Å². The lowest BCUT2D eigenvalue weighted by Crippen LogP contribution is -2.59. The average Bonchev–Trinajstić information content (AvgIpc) is 3.51. The average molecular weight is 599 g/mol. The fourth-order valence-corrected chi connectivity index (χ4v) is 6.65. The smallest absolute Gasteiger partial charge is 0.247 e. The SMILES string of the molecule is COc1c(NC(=O)[C@H](CCN)NC(=O)[C@@H]2CC3(C)CC=CC=C3CN2C(=O)CCC(=O)c2ccccc2)ccc2c1CCC2. The zero-order valence-corrected chi connectivity index (χ0v) is 25.6. The monoisotopic (exact) mass is 598 g/mol. The highest BCUT2D eigenvalue weighted by molar-refractivity contribution is 6.00. The molecule has 1 unspecified atom stereocenters. The van der Waals surface area contributed by atoms with Crippen LogP contribution in [-0.2, 0) is 27.2 Å². The molecule has 4 N–H and O–H groups in total. The predicted molar refractivity (Wildman–Crippen MR) is 169 cm³/mol. The fraction of sp³-hybridized carbons (Fsp3) is 0.429. The van der Waals surface area contributed by atoms with Crippen molar-refractivity contribution in [1.82, 2.24) is 10.2 Å². The van der Waals surface area contributed by atoms with Crippen LogP contribution in [0.1, 0.15) is 66.9 Å². The lowest BCUT2D eigenvalue weighted by atomic mass is 9.69. The van der Waals surface area contributed by atoms with Gasteiger partial charge in [-0.15, -0.1) is 0 Å². The molecule has 1 fully saturated rings. The van der Waals surface area contributed by atoms with Crippen LogP contribution in [0.3, 0.4) is 0 Å². The van der Waals surface area contributed by atoms with E-state index in [0.717, 1.165) is 36.8 Å². The number of hydrogen-bond acceptors (Lipinski definition) is 6. The maximum absolute atomic E-state index is 14.0. The topological polar surface area (TPSA) is 131 Å². The van der Waals surface area contributed by atoms with E-state index >= 15 is 0 Å². The third kappa shape index (κ3) is 6.63. The summed E-state index contributed by atoms with van der Waals surface area (Å²) in [6.07, 6.45) is 10.4. The first kappa shape index (κ1) is 31.2. The number of carbonyl (C=O) groups is 4. The van der Waals surface area contributed by atoms with Gasteiger partial charge in [0, 0.05) is 24.9 Å². The quantitative estimate of drug-likeness (QED) is 0.334. The van der Waals surface area contributed by atoms with Gasteiger partial charge in [-0.25, -0.2) is 0 Å². The minimum absolute atomic E-state index is 0.0117. The Labute approximate surface area is 258 Å². The molecule has 0 bridgehead atoms. The largest absolute Gasteiger partial charge is 0.494 e. The van der Waals surface area contributed by atoms with Gasteiger partial charge < -0.3 is 26.0 Å². The number of amides is 3. The van der Waals surface area contributed by atoms with E-state index in [1.165, 1.54) is 5.56 Å². The van der Waals surface area contributed by atoms with Gasteiger partial charge >= 0.3 is 0 Å². The Bertz CT molecular complexity index is 1480. The molecule has 44 heavy (non-hydrogen) atoms. The first-order chi connectivity index (χ1) is 21.2. The first-order valence-corrected chi connectivity index (χ1v) is 15.5. The van der Waals surface area contributed by atoms with E-state index in [0.29, 0.717) is 23.4 Å². The Morgan fingerprint density at radius 3 is 2.64 bits per heavy atom. The van der Waals surface area contributed by atoms with Crippen LogP contribution in [-0.4, -0.2) is 60.7 Å². The van der Waals surface area contributed by atoms with Crippen LogP contribution in [0, 0.1) is 5.41 Å². The summed E-state index contributed by atoms with van der Waals surface area (Å²) in [5.74, 6) is -0.539. The molecule has 2 aromatic rings. The van der Waals surface area contributed by atoms with Crippen LogP contribution in [0.4, 0.5) is 5.69 Å². The Morgan fingerprint density at radius 2 is 1.89 bits per heavy atom. The zero-order valence-electron chi connectivity index (χ0n) is 25.6. The summed E-state index contributed by atoms with van der Waals surface area (Å²) >= 11 is 0. The summed E-state index contributed by atoms with van der Waals surface area (Å²) in [5, 5.41) is 5.86. The van der Waals surface area contributed by atoms with Gasteiger partial charge in [0.15, 0.2) is 5.78 Å². The predicted octanol–water partition coefficient (Wildman–Crippen LogP) is 4.11. The third-order valence-electron chi connectivity index (χ3n) is 9.20. The normalized spacial score (nSPS) is 21.0. The Balaban J connectivity index is 1.32. The fourth-order valence-electron chi connectivity index (χ4n) is 6.65. The van der Waals surface area contributed by atoms with E-state index in [1.807, 2.05) is 30.4 Å². The molecule has 2 aromatic carbocycles. The minimum atomic E-state index is -0.905. The van der Waals surface area contributed by atoms with E-state index in [4.69, 9.17) is 10.5 Å². The highest BCUT2D eigenvalue weighted by atomic mass is 16.5. The molecule has 0 aromatic heterocycles. The van der Waals surface area contributed by atoms with E-state index in [1.54, 1.807) is 36.3 Å². The molecule has 9 heteroatoms. The van der Waals surface area contributed by atoms with Crippen molar-refractivity contribution >= 4 is 29.2 Å². The summed E-state index contributed by atoms with van der Waals surface area (Å²) in [5.41, 5.74) is 10.1. The van der Waals surface area contributed by atoms with Gasteiger partial charge in [-0.05, 0) is 73.3 Å². The Morgan fingerprint density at radius 1 is 1.09 bits per heavy atom. The van der Waals surface area contributed by atoms with E-state index in [9.17, 15) is 19.2 Å². The summed E-state index contributed by atoms with van der Waals surface area (Å²) in [4.78, 5) is 55.4. The Kier molecular flexibility index (Phi) is 9.64. The van der Waals surface area contributed by atoms with Crippen LogP contribution in [0.5, 0.6) is 5.75 Å². The van der Waals surface area contributed by atoms with Gasteiger partial charge in [0.2, 0.25) is 17.7 Å². The number of allylic oxidation sites excluding steroid dienone is 3. The number of nitrogens with zero attached hydrogens (tertiary/aromatic N) is 1. The van der Waals surface area contributed by atoms with E-state index < -0.39 is 23.9 Å². The minimum Gasteiger partial charge on any atom is -0.494 e. The molecule has 2 aliphatic carbocycles. The summed E-state index contributed by atoms with van der Waals surface area (Å²) in [6.45, 7) is 2.58. The second-order valence-corrected chi connectivity index (χ2v) is 12.2. The summed E-state index contributed by atoms with van der Waals surface area (Å²) in [6, 6.07) is 11.0. The van der Waals surface area contributed by atoms with Gasteiger partial charge in [0.1, 0.15) is 17.8 Å². The van der Waals surface area contributed by atoms with Crippen molar-refractivity contribution in [2.75, 3.05) is 25.5 Å². The second-order valence-electron chi connectivity index (χ2n) is 12.2. The molecule has 1 heterocycles. The number of aryl methyl sites for hydroxylation is 1. The molecular weight excluding hydrogens is 556 g/mol. The maximum Gasteiger partial charge on any atom is 0.247 e. The van der Waals surface area contributed by atoms with Crippen molar-refractivity contribution < 1.29 is 23.9 Å². The molecule has 232 valence electrons. The molecule has 3 aliphatic rings. The molecule has 1 saturated heterocycles. The van der Waals surface area contributed by atoms with E-state index in [2.05, 4.69) is 23.6 Å². The van der Waals surface area contributed by atoms with E-state index in [-0.39, 0.29) is 49.5 Å². The van der Waals surface area contributed by atoms with Gasteiger partial charge in [-0.3, -0.25) is 19.2 Å².